The van der Waals surface area contributed by atoms with Crippen molar-refractivity contribution in [1.82, 2.24) is 63.8 Å². The lowest BCUT2D eigenvalue weighted by Crippen LogP contribution is -2.45. The summed E-state index contributed by atoms with van der Waals surface area (Å²) in [4.78, 5) is 169. The van der Waals surface area contributed by atoms with Crippen LogP contribution in [0.4, 0.5) is 50.7 Å². The molecule has 14 aliphatic rings. The molecule has 0 bridgehead atoms. The van der Waals surface area contributed by atoms with Crippen molar-refractivity contribution in [3.05, 3.63) is 352 Å². The first-order chi connectivity index (χ1) is 68.4. The van der Waals surface area contributed by atoms with Crippen molar-refractivity contribution < 1.29 is 109 Å². The number of amides is 18. The highest BCUT2D eigenvalue weighted by atomic mass is 19.1. The smallest absolute Gasteiger partial charge is 0.341 e. The summed E-state index contributed by atoms with van der Waals surface area (Å²) in [6.07, 6.45) is 8.49. The number of carbonyl (C=O) groups is 14. The van der Waals surface area contributed by atoms with Crippen molar-refractivity contribution in [2.75, 3.05) is 6.61 Å². The molecule has 6 aliphatic heterocycles. The number of nitrogens with one attached hydrogen (secondary N) is 12. The molecule has 26 rings (SSSR count). The van der Waals surface area contributed by atoms with Crippen LogP contribution < -0.4 is 68.5 Å². The number of hydrogen-bond acceptors (Lipinski definition) is 16. The van der Waals surface area contributed by atoms with Crippen LogP contribution in [0, 0.1) is 56.8 Å². The van der Waals surface area contributed by atoms with Crippen LogP contribution in [0.1, 0.15) is 167 Å². The normalized spacial score (nSPS) is 22.1. The fraction of sp³-hybridized carbons (Fsp3) is 0.204. The molecular formula is C108H83F5N12O18. The fourth-order valence-electron chi connectivity index (χ4n) is 22.5. The number of halogens is 5. The third kappa shape index (κ3) is 14.3. The summed E-state index contributed by atoms with van der Waals surface area (Å²) < 4.78 is 74.5. The topological polar surface area (TPSA) is 453 Å². The number of rotatable bonds is 7. The van der Waals surface area contributed by atoms with E-state index in [1.165, 1.54) is 103 Å². The molecule has 718 valence electrons. The average molecular weight is 1930 g/mol. The van der Waals surface area contributed by atoms with Crippen molar-refractivity contribution in [3.8, 4) is 67.1 Å². The van der Waals surface area contributed by atoms with E-state index in [1.807, 2.05) is 61.5 Å². The summed E-state index contributed by atoms with van der Waals surface area (Å²) in [5, 5.41) is 57.9. The summed E-state index contributed by atoms with van der Waals surface area (Å²) in [7, 11) is 0. The largest absolute Gasteiger partial charge is 0.508 e. The van der Waals surface area contributed by atoms with Crippen LogP contribution in [-0.4, -0.2) is 105 Å². The Labute approximate surface area is 808 Å². The summed E-state index contributed by atoms with van der Waals surface area (Å²) in [6, 6.07) is 53.5. The lowest BCUT2D eigenvalue weighted by Gasteiger charge is -2.29. The molecule has 0 aromatic heterocycles. The van der Waals surface area contributed by atoms with Gasteiger partial charge in [0.2, 0.25) is 0 Å². The number of urea groups is 6. The second-order valence-corrected chi connectivity index (χ2v) is 37.5. The molecule has 6 spiro atoms. The molecule has 4 unspecified atom stereocenters. The van der Waals surface area contributed by atoms with Crippen LogP contribution >= 0.6 is 0 Å². The minimum absolute atomic E-state index is 0.0795. The van der Waals surface area contributed by atoms with Crippen molar-refractivity contribution in [1.29, 1.82) is 0 Å². The molecule has 6 saturated heterocycles. The Hall–Kier alpha value is -17.5. The maximum atomic E-state index is 13.9. The third-order valence-electron chi connectivity index (χ3n) is 29.3. The molecule has 6 heterocycles. The van der Waals surface area contributed by atoms with Crippen molar-refractivity contribution >= 4 is 83.6 Å². The van der Waals surface area contributed by atoms with Gasteiger partial charge in [-0.3, -0.25) is 65.5 Å². The molecule has 35 heteroatoms. The quantitative estimate of drug-likeness (QED) is 0.0520. The molecule has 18 amide bonds. The molecule has 143 heavy (non-hydrogen) atoms. The lowest BCUT2D eigenvalue weighted by atomic mass is 9.78. The monoisotopic (exact) mass is 1930 g/mol. The van der Waals surface area contributed by atoms with Crippen LogP contribution in [0.3, 0.4) is 0 Å². The van der Waals surface area contributed by atoms with Crippen molar-refractivity contribution in [3.63, 3.8) is 0 Å². The van der Waals surface area contributed by atoms with Gasteiger partial charge in [-0.2, -0.15) is 0 Å². The van der Waals surface area contributed by atoms with Crippen LogP contribution in [0.5, 0.6) is 11.5 Å². The SMILES string of the molecule is Cc1cc(CC(=O)O)c2c(c1)C1(NC(=O)NC1=O)c1cc(F)ccc1-2.Cc1cc2c(cc1O)-c1ccc(F)cc1C21NC(=O)NC1=O.Cc1cc2c(cc1OCC(=O)O)-c1ccc(F)cc1C21NC(=O)NC1=O.Cc1ccc2c(c1)C1(NC(=O)NC1=O)c1ccccc1CC2.O=C1NC(=O)[C@@]2(N1)c1cc(F)ccc1-c1ccc(C3CCC3)cc12.O=C1NC(=O)[C@]2(N1)c1cc(F)ccc1-c1ccc(C3CCC3)cc12. The number of imide groups is 6. The Morgan fingerprint density at radius 2 is 0.650 bits per heavy atom. The summed E-state index contributed by atoms with van der Waals surface area (Å²) in [5.74, 6) is -6.05. The van der Waals surface area contributed by atoms with E-state index in [1.54, 1.807) is 69.3 Å². The Morgan fingerprint density at radius 1 is 0.322 bits per heavy atom. The van der Waals surface area contributed by atoms with Gasteiger partial charge in [0, 0.05) is 33.4 Å². The molecular weight excluding hydrogens is 1850 g/mol. The zero-order valence-corrected chi connectivity index (χ0v) is 76.2. The molecule has 30 nitrogen and oxygen atoms in total. The molecule has 2 saturated carbocycles. The number of carboxylic acid groups (broad SMARTS) is 2. The van der Waals surface area contributed by atoms with E-state index in [4.69, 9.17) is 9.84 Å². The van der Waals surface area contributed by atoms with Gasteiger partial charge >= 0.3 is 48.1 Å². The van der Waals surface area contributed by atoms with Gasteiger partial charge in [0.15, 0.2) is 39.8 Å². The summed E-state index contributed by atoms with van der Waals surface area (Å²) in [5.41, 5.74) is 13.4. The lowest BCUT2D eigenvalue weighted by molar-refractivity contribution is -0.139. The van der Waals surface area contributed by atoms with Gasteiger partial charge in [0.1, 0.15) is 40.6 Å². The van der Waals surface area contributed by atoms with E-state index in [9.17, 15) is 99.3 Å². The second-order valence-electron chi connectivity index (χ2n) is 37.5. The van der Waals surface area contributed by atoms with Crippen molar-refractivity contribution in [2.45, 2.75) is 131 Å². The van der Waals surface area contributed by atoms with Gasteiger partial charge < -0.3 is 52.0 Å². The molecule has 6 atom stereocenters. The number of aromatic hydroxyl groups is 1. The first-order valence-corrected chi connectivity index (χ1v) is 45.9. The Bertz CT molecular complexity index is 7710. The van der Waals surface area contributed by atoms with E-state index in [-0.39, 0.29) is 18.1 Å². The van der Waals surface area contributed by atoms with Crippen molar-refractivity contribution in [2.24, 2.45) is 0 Å². The summed E-state index contributed by atoms with van der Waals surface area (Å²) >= 11 is 0. The number of aryl methyl sites for hydroxylation is 6. The molecule has 12 aromatic rings. The van der Waals surface area contributed by atoms with Gasteiger partial charge in [0.05, 0.1) is 6.42 Å². The Balaban J connectivity index is 0.000000101. The second kappa shape index (κ2) is 33.6. The predicted molar refractivity (Wildman–Crippen MR) is 502 cm³/mol. The number of aliphatic carboxylic acids is 2. The van der Waals surface area contributed by atoms with E-state index in [2.05, 4.69) is 88.1 Å². The third-order valence-corrected chi connectivity index (χ3v) is 29.3. The van der Waals surface area contributed by atoms with E-state index in [0.717, 1.165) is 105 Å². The average Bonchev–Trinajstić information content (AvgIpc) is 1.53. The van der Waals surface area contributed by atoms with Gasteiger partial charge in [0.25, 0.3) is 35.4 Å². The van der Waals surface area contributed by atoms with Crippen LogP contribution in [-0.2, 0) is 90.9 Å². The Morgan fingerprint density at radius 3 is 1.03 bits per heavy atom. The Kier molecular flexibility index (Phi) is 21.6. The van der Waals surface area contributed by atoms with E-state index < -0.39 is 147 Å². The highest BCUT2D eigenvalue weighted by molar-refractivity contribution is 6.18. The number of phenols is 1. The van der Waals surface area contributed by atoms with Crippen LogP contribution in [0.15, 0.2) is 206 Å². The molecule has 0 radical (unpaired) electrons. The molecule has 12 aromatic carbocycles. The standard InChI is InChI=1S/2C19H15FN2O2.C18H13FN2O5.C18H13FN2O4.C18H16N2O2.C16H11FN2O3/c2*20-12-5-7-14-13-6-4-11(10-2-1-3-10)8-15(13)19(16(14)9-12)17(23)21-18(24)22-19;1-8-4-12-11(6-14(8)26-7-15(22)23)10-3-2-9(19)5-13(10)18(12)16(24)20-17(25)21-18;1-8-4-9(6-14(22)23)15-11-3-2-10(19)7-12(11)18(13(15)5-8)16(24)20-17(25)21-18;1-11-6-7-13-9-8-12-4-2-3-5-14(12)18(15(13)10-11)16(21)19-17(22)20-18;1-7-4-11-10(6-13(7)20)9-3-2-8(17)5-12(9)16(11)14(21)18-15(22)19-16/h2*4-10H,1-3H2,(H2,21,22,23,24);2-6H,7H2,1H3,(H,22,23)(H2,20,21,24,25);2-5,7H,6H2,1H3,(H,22,23)(H2,20,21,24,25);2-7,10H,8-9H2,1H3,(H2,19,20,21,22);2-6,20H,1H3,(H2,18,19,21,22)/t2*19-;;;;/m10..../s1. The highest BCUT2D eigenvalue weighted by Crippen LogP contribution is 2.58. The summed E-state index contributed by atoms with van der Waals surface area (Å²) in [6.45, 7) is 6.65. The zero-order valence-electron chi connectivity index (χ0n) is 76.2. The highest BCUT2D eigenvalue weighted by Gasteiger charge is 2.62. The molecule has 8 aliphatic carbocycles. The number of ether oxygens (including phenoxy) is 1. The molecule has 15 N–H and O–H groups in total. The van der Waals surface area contributed by atoms with Crippen LogP contribution in [0.2, 0.25) is 0 Å². The number of carboxylic acids is 2. The first kappa shape index (κ1) is 91.9. The maximum Gasteiger partial charge on any atom is 0.341 e. The minimum Gasteiger partial charge on any atom is -0.508 e. The van der Waals surface area contributed by atoms with Gasteiger partial charge in [-0.15, -0.1) is 0 Å². The van der Waals surface area contributed by atoms with E-state index in [0.29, 0.717) is 112 Å². The predicted octanol–water partition coefficient (Wildman–Crippen LogP) is 13.9. The van der Waals surface area contributed by atoms with Gasteiger partial charge in [-0.25, -0.2) is 55.5 Å². The van der Waals surface area contributed by atoms with Crippen LogP contribution in [0.25, 0.3) is 55.6 Å². The maximum absolute atomic E-state index is 13.9. The van der Waals surface area contributed by atoms with E-state index >= 15 is 0 Å². The number of phenolic OH excluding ortho intramolecular Hbond substituents is 1. The van der Waals surface area contributed by atoms with Gasteiger partial charge in [-0.05, 0) is 291 Å². The van der Waals surface area contributed by atoms with Gasteiger partial charge in [-0.1, -0.05) is 145 Å². The fourth-order valence-corrected chi connectivity index (χ4v) is 22.5. The number of hydrogen-bond donors (Lipinski definition) is 15. The minimum atomic E-state index is -1.54. The first-order valence-electron chi connectivity index (χ1n) is 45.9. The number of carbonyl (C=O) groups excluding carboxylic acids is 12. The molecule has 8 fully saturated rings. The number of fused-ring (bicyclic) bond motifs is 29. The zero-order chi connectivity index (χ0) is 100. The number of benzene rings is 12.